The van der Waals surface area contributed by atoms with Crippen molar-refractivity contribution in [3.63, 3.8) is 0 Å². The monoisotopic (exact) mass is 439 g/mol. The maximum absolute atomic E-state index is 14.7. The van der Waals surface area contributed by atoms with Gasteiger partial charge in [-0.3, -0.25) is 4.57 Å². The second-order valence-electron chi connectivity index (χ2n) is 6.69. The lowest BCUT2D eigenvalue weighted by molar-refractivity contribution is 0.340. The van der Waals surface area contributed by atoms with Crippen molar-refractivity contribution in [1.29, 1.82) is 0 Å². The van der Waals surface area contributed by atoms with Crippen LogP contribution in [-0.2, 0) is 12.2 Å². The van der Waals surface area contributed by atoms with Crippen molar-refractivity contribution in [1.82, 2.24) is 24.9 Å². The summed E-state index contributed by atoms with van der Waals surface area (Å²) in [7, 11) is 0. The van der Waals surface area contributed by atoms with Gasteiger partial charge in [0.2, 0.25) is 5.89 Å². The van der Waals surface area contributed by atoms with Gasteiger partial charge in [-0.05, 0) is 49.7 Å². The lowest BCUT2D eigenvalue weighted by Crippen LogP contribution is -2.02. The van der Waals surface area contributed by atoms with Crippen LogP contribution in [0.3, 0.4) is 0 Å². The molecule has 160 valence electrons. The molecule has 0 amide bonds. The second kappa shape index (κ2) is 9.74. The Morgan fingerprint density at radius 3 is 2.61 bits per heavy atom. The maximum Gasteiger partial charge on any atom is 0.237 e. The van der Waals surface area contributed by atoms with E-state index in [1.807, 2.05) is 31.2 Å². The Kier molecular flexibility index (Phi) is 6.61. The molecule has 31 heavy (non-hydrogen) atoms. The van der Waals surface area contributed by atoms with Gasteiger partial charge in [0.15, 0.2) is 16.8 Å². The van der Waals surface area contributed by atoms with E-state index in [1.165, 1.54) is 17.8 Å². The fraction of sp³-hybridized carbons (Fsp3) is 0.273. The summed E-state index contributed by atoms with van der Waals surface area (Å²) in [5.74, 6) is 2.53. The molecule has 2 aromatic heterocycles. The molecule has 9 heteroatoms. The zero-order valence-electron chi connectivity index (χ0n) is 17.3. The number of halogens is 1. The predicted molar refractivity (Wildman–Crippen MR) is 116 cm³/mol. The van der Waals surface area contributed by atoms with Crippen molar-refractivity contribution in [3.8, 4) is 22.8 Å². The average Bonchev–Trinajstić information content (AvgIpc) is 3.41. The number of hydrogen-bond acceptors (Lipinski definition) is 7. The van der Waals surface area contributed by atoms with Gasteiger partial charge in [0.25, 0.3) is 0 Å². The van der Waals surface area contributed by atoms with Crippen LogP contribution in [-0.4, -0.2) is 31.5 Å². The molecule has 0 aliphatic rings. The number of benzene rings is 2. The highest BCUT2D eigenvalue weighted by molar-refractivity contribution is 7.98. The number of aromatic nitrogens is 5. The number of para-hydroxylation sites is 1. The van der Waals surface area contributed by atoms with Crippen LogP contribution in [0.2, 0.25) is 0 Å². The highest BCUT2D eigenvalue weighted by atomic mass is 32.2. The Morgan fingerprint density at radius 2 is 1.87 bits per heavy atom. The first-order chi connectivity index (χ1) is 15.2. The maximum atomic E-state index is 14.7. The van der Waals surface area contributed by atoms with E-state index in [9.17, 15) is 4.39 Å². The van der Waals surface area contributed by atoms with Gasteiger partial charge < -0.3 is 9.26 Å². The molecule has 0 fully saturated rings. The first-order valence-electron chi connectivity index (χ1n) is 10.1. The molecule has 0 N–H and O–H groups in total. The predicted octanol–water partition coefficient (Wildman–Crippen LogP) is 5.10. The minimum Gasteiger partial charge on any atom is -0.494 e. The van der Waals surface area contributed by atoms with Crippen molar-refractivity contribution in [3.05, 3.63) is 66.1 Å². The van der Waals surface area contributed by atoms with Gasteiger partial charge in [-0.2, -0.15) is 4.98 Å². The van der Waals surface area contributed by atoms with E-state index in [1.54, 1.807) is 22.8 Å². The van der Waals surface area contributed by atoms with Crippen LogP contribution in [0.1, 0.15) is 32.0 Å². The molecular formula is C22H22FN5O2S. The van der Waals surface area contributed by atoms with Gasteiger partial charge in [0, 0.05) is 12.0 Å². The zero-order valence-corrected chi connectivity index (χ0v) is 18.1. The van der Waals surface area contributed by atoms with E-state index < -0.39 is 0 Å². The Bertz CT molecular complexity index is 1140. The molecule has 0 bridgehead atoms. The summed E-state index contributed by atoms with van der Waals surface area (Å²) in [4.78, 5) is 4.38. The van der Waals surface area contributed by atoms with Crippen molar-refractivity contribution in [2.24, 2.45) is 0 Å². The molecule has 0 unspecified atom stereocenters. The Hall–Kier alpha value is -3.20. The molecule has 0 saturated carbocycles. The standard InChI is InChI=1S/C22H22FN5O2S/c1-3-7-19-24-20(30-27-19)14-31-22-26-25-21(15-10-12-16(13-11-15)29-4-2)28(22)18-9-6-5-8-17(18)23/h5-6,8-13H,3-4,7,14H2,1-2H3. The van der Waals surface area contributed by atoms with E-state index in [-0.39, 0.29) is 5.82 Å². The van der Waals surface area contributed by atoms with E-state index in [4.69, 9.17) is 9.26 Å². The topological polar surface area (TPSA) is 78.9 Å². The summed E-state index contributed by atoms with van der Waals surface area (Å²) in [6.45, 7) is 4.58. The molecule has 0 radical (unpaired) electrons. The van der Waals surface area contributed by atoms with E-state index in [0.717, 1.165) is 24.2 Å². The molecule has 2 aromatic carbocycles. The number of ether oxygens (including phenoxy) is 1. The Labute approximate surface area is 183 Å². The molecule has 4 rings (SSSR count). The third-order valence-corrected chi connectivity index (χ3v) is 5.37. The smallest absolute Gasteiger partial charge is 0.237 e. The minimum absolute atomic E-state index is 0.362. The van der Waals surface area contributed by atoms with Crippen LogP contribution >= 0.6 is 11.8 Å². The van der Waals surface area contributed by atoms with Crippen molar-refractivity contribution >= 4 is 11.8 Å². The third-order valence-electron chi connectivity index (χ3n) is 4.46. The summed E-state index contributed by atoms with van der Waals surface area (Å²) < 4.78 is 27.2. The normalized spacial score (nSPS) is 11.1. The van der Waals surface area contributed by atoms with Crippen molar-refractivity contribution in [2.45, 2.75) is 37.6 Å². The third kappa shape index (κ3) is 4.77. The molecule has 0 aliphatic carbocycles. The van der Waals surface area contributed by atoms with Gasteiger partial charge in [-0.1, -0.05) is 36.0 Å². The average molecular weight is 440 g/mol. The highest BCUT2D eigenvalue weighted by Crippen LogP contribution is 2.31. The van der Waals surface area contributed by atoms with Gasteiger partial charge in [0.05, 0.1) is 18.0 Å². The summed E-state index contributed by atoms with van der Waals surface area (Å²) in [5, 5.41) is 13.2. The fourth-order valence-electron chi connectivity index (χ4n) is 3.07. The highest BCUT2D eigenvalue weighted by Gasteiger charge is 2.19. The van der Waals surface area contributed by atoms with Gasteiger partial charge in [0.1, 0.15) is 11.6 Å². The molecular weight excluding hydrogens is 417 g/mol. The largest absolute Gasteiger partial charge is 0.494 e. The summed E-state index contributed by atoms with van der Waals surface area (Å²) in [5.41, 5.74) is 1.17. The van der Waals surface area contributed by atoms with Crippen LogP contribution in [0.4, 0.5) is 4.39 Å². The number of hydrogen-bond donors (Lipinski definition) is 0. The van der Waals surface area contributed by atoms with E-state index in [0.29, 0.717) is 40.7 Å². The van der Waals surface area contributed by atoms with E-state index >= 15 is 0 Å². The lowest BCUT2D eigenvalue weighted by atomic mass is 10.2. The van der Waals surface area contributed by atoms with Gasteiger partial charge >= 0.3 is 0 Å². The van der Waals surface area contributed by atoms with Crippen LogP contribution in [0.15, 0.2) is 58.2 Å². The number of nitrogens with zero attached hydrogens (tertiary/aromatic N) is 5. The van der Waals surface area contributed by atoms with Gasteiger partial charge in [-0.25, -0.2) is 4.39 Å². The van der Waals surface area contributed by atoms with Crippen LogP contribution in [0.5, 0.6) is 5.75 Å². The SMILES string of the molecule is CCCc1noc(CSc2nnc(-c3ccc(OCC)cc3)n2-c2ccccc2F)n1. The van der Waals surface area contributed by atoms with Crippen molar-refractivity contribution < 1.29 is 13.7 Å². The Morgan fingerprint density at radius 1 is 1.06 bits per heavy atom. The van der Waals surface area contributed by atoms with Crippen molar-refractivity contribution in [2.75, 3.05) is 6.61 Å². The van der Waals surface area contributed by atoms with Crippen LogP contribution < -0.4 is 4.74 Å². The number of aryl methyl sites for hydroxylation is 1. The molecule has 7 nitrogen and oxygen atoms in total. The Balaban J connectivity index is 1.67. The van der Waals surface area contributed by atoms with E-state index in [2.05, 4.69) is 27.3 Å². The molecule has 0 saturated heterocycles. The van der Waals surface area contributed by atoms with Crippen LogP contribution in [0, 0.1) is 5.82 Å². The zero-order chi connectivity index (χ0) is 21.6. The van der Waals surface area contributed by atoms with Crippen LogP contribution in [0.25, 0.3) is 17.1 Å². The first kappa shape index (κ1) is 21.0. The van der Waals surface area contributed by atoms with Gasteiger partial charge in [-0.15, -0.1) is 10.2 Å². The molecule has 0 spiro atoms. The number of rotatable bonds is 9. The summed E-state index contributed by atoms with van der Waals surface area (Å²) >= 11 is 1.36. The second-order valence-corrected chi connectivity index (χ2v) is 7.64. The molecule has 2 heterocycles. The quantitative estimate of drug-likeness (QED) is 0.336. The first-order valence-corrected chi connectivity index (χ1v) is 11.1. The number of thioether (sulfide) groups is 1. The summed E-state index contributed by atoms with van der Waals surface area (Å²) in [6, 6.07) is 14.0. The lowest BCUT2D eigenvalue weighted by Gasteiger charge is -2.11. The molecule has 0 atom stereocenters. The molecule has 4 aromatic rings. The minimum atomic E-state index is -0.362. The molecule has 0 aliphatic heterocycles. The summed E-state index contributed by atoms with van der Waals surface area (Å²) in [6.07, 6.45) is 1.71. The fourth-order valence-corrected chi connectivity index (χ4v) is 3.85.